The minimum atomic E-state index is 0.0448. The molecule has 1 amide bonds. The van der Waals surface area contributed by atoms with E-state index in [0.29, 0.717) is 6.54 Å². The Labute approximate surface area is 109 Å². The molecule has 0 aliphatic carbocycles. The first kappa shape index (κ1) is 14.5. The van der Waals surface area contributed by atoms with Crippen LogP contribution in [-0.4, -0.2) is 26.1 Å². The fourth-order valence-electron chi connectivity index (χ4n) is 1.49. The van der Waals surface area contributed by atoms with E-state index >= 15 is 0 Å². The summed E-state index contributed by atoms with van der Waals surface area (Å²) in [7, 11) is 1.66. The van der Waals surface area contributed by atoms with Gasteiger partial charge in [0.15, 0.2) is 0 Å². The van der Waals surface area contributed by atoms with Gasteiger partial charge in [-0.25, -0.2) is 0 Å². The molecule has 18 heavy (non-hydrogen) atoms. The van der Waals surface area contributed by atoms with Crippen molar-refractivity contribution in [3.05, 3.63) is 29.8 Å². The van der Waals surface area contributed by atoms with E-state index in [9.17, 15) is 4.79 Å². The first-order valence-electron chi connectivity index (χ1n) is 6.25. The van der Waals surface area contributed by atoms with E-state index in [2.05, 4.69) is 10.6 Å². The number of rotatable bonds is 7. The minimum Gasteiger partial charge on any atom is -0.497 e. The number of carbonyl (C=O) groups is 1. The average molecular weight is 250 g/mol. The summed E-state index contributed by atoms with van der Waals surface area (Å²) in [4.78, 5) is 11.3. The van der Waals surface area contributed by atoms with Gasteiger partial charge in [0.05, 0.1) is 7.11 Å². The molecule has 0 fully saturated rings. The molecular formula is C14H22N2O2. The number of hydrogen-bond donors (Lipinski definition) is 2. The van der Waals surface area contributed by atoms with Crippen molar-refractivity contribution in [3.8, 4) is 5.75 Å². The van der Waals surface area contributed by atoms with Crippen LogP contribution >= 0.6 is 0 Å². The van der Waals surface area contributed by atoms with E-state index in [0.717, 1.165) is 18.8 Å². The van der Waals surface area contributed by atoms with Gasteiger partial charge in [-0.15, -0.1) is 0 Å². The highest BCUT2D eigenvalue weighted by Crippen LogP contribution is 2.11. The molecule has 1 rings (SSSR count). The Hall–Kier alpha value is -1.55. The first-order chi connectivity index (χ1) is 8.63. The number of hydrogen-bond acceptors (Lipinski definition) is 3. The molecule has 4 heteroatoms. The lowest BCUT2D eigenvalue weighted by Crippen LogP contribution is -2.34. The summed E-state index contributed by atoms with van der Waals surface area (Å²) in [5.41, 5.74) is 1.17. The molecule has 2 N–H and O–H groups in total. The van der Waals surface area contributed by atoms with Crippen LogP contribution in [0.5, 0.6) is 5.75 Å². The highest BCUT2D eigenvalue weighted by molar-refractivity contribution is 5.77. The third kappa shape index (κ3) is 5.19. The average Bonchev–Trinajstić information content (AvgIpc) is 2.38. The largest absolute Gasteiger partial charge is 0.497 e. The van der Waals surface area contributed by atoms with Crippen LogP contribution in [0.4, 0.5) is 0 Å². The Kier molecular flexibility index (Phi) is 6.22. The van der Waals surface area contributed by atoms with Gasteiger partial charge in [-0.2, -0.15) is 0 Å². The molecule has 100 valence electrons. The zero-order valence-electron chi connectivity index (χ0n) is 11.3. The van der Waals surface area contributed by atoms with Crippen molar-refractivity contribution in [2.45, 2.75) is 20.4 Å². The molecule has 0 heterocycles. The van der Waals surface area contributed by atoms with Crippen LogP contribution in [0.15, 0.2) is 24.3 Å². The molecule has 0 atom stereocenters. The van der Waals surface area contributed by atoms with Crippen LogP contribution in [0.25, 0.3) is 0 Å². The number of benzene rings is 1. The summed E-state index contributed by atoms with van der Waals surface area (Å²) in [6, 6.07) is 7.94. The second-order valence-electron chi connectivity index (χ2n) is 4.47. The maximum absolute atomic E-state index is 11.3. The van der Waals surface area contributed by atoms with Crippen molar-refractivity contribution < 1.29 is 9.53 Å². The van der Waals surface area contributed by atoms with Crippen molar-refractivity contribution in [1.29, 1.82) is 0 Å². The normalized spacial score (nSPS) is 10.4. The van der Waals surface area contributed by atoms with Crippen molar-refractivity contribution in [3.63, 3.8) is 0 Å². The molecule has 1 aromatic carbocycles. The number of amides is 1. The van der Waals surface area contributed by atoms with E-state index in [-0.39, 0.29) is 11.8 Å². The SMILES string of the molecule is COc1cccc(CNCCNC(=O)C(C)C)c1. The second-order valence-corrected chi connectivity index (χ2v) is 4.47. The molecule has 0 radical (unpaired) electrons. The molecule has 0 spiro atoms. The summed E-state index contributed by atoms with van der Waals surface area (Å²) in [6.07, 6.45) is 0. The van der Waals surface area contributed by atoms with Crippen LogP contribution < -0.4 is 15.4 Å². The van der Waals surface area contributed by atoms with Crippen LogP contribution in [0.3, 0.4) is 0 Å². The van der Waals surface area contributed by atoms with Gasteiger partial charge in [0.1, 0.15) is 5.75 Å². The van der Waals surface area contributed by atoms with Crippen molar-refractivity contribution >= 4 is 5.91 Å². The predicted molar refractivity (Wildman–Crippen MR) is 72.5 cm³/mol. The highest BCUT2D eigenvalue weighted by atomic mass is 16.5. The Morgan fingerprint density at radius 3 is 2.78 bits per heavy atom. The fraction of sp³-hybridized carbons (Fsp3) is 0.500. The third-order valence-electron chi connectivity index (χ3n) is 2.59. The number of nitrogens with one attached hydrogen (secondary N) is 2. The van der Waals surface area contributed by atoms with Crippen LogP contribution in [-0.2, 0) is 11.3 Å². The fourth-order valence-corrected chi connectivity index (χ4v) is 1.49. The molecule has 0 saturated carbocycles. The van der Waals surface area contributed by atoms with E-state index in [1.807, 2.05) is 38.1 Å². The highest BCUT2D eigenvalue weighted by Gasteiger charge is 2.04. The van der Waals surface area contributed by atoms with Crippen LogP contribution in [0, 0.1) is 5.92 Å². The smallest absolute Gasteiger partial charge is 0.222 e. The molecule has 0 aliphatic rings. The molecule has 1 aromatic rings. The van der Waals surface area contributed by atoms with Gasteiger partial charge in [-0.3, -0.25) is 4.79 Å². The van der Waals surface area contributed by atoms with Gasteiger partial charge in [0.25, 0.3) is 0 Å². The monoisotopic (exact) mass is 250 g/mol. The topological polar surface area (TPSA) is 50.4 Å². The summed E-state index contributed by atoms with van der Waals surface area (Å²) in [6.45, 7) is 5.96. The Bertz CT molecular complexity index is 378. The van der Waals surface area contributed by atoms with Gasteiger partial charge < -0.3 is 15.4 Å². The van der Waals surface area contributed by atoms with E-state index < -0.39 is 0 Å². The van der Waals surface area contributed by atoms with Gasteiger partial charge >= 0.3 is 0 Å². The Balaban J connectivity index is 2.19. The summed E-state index contributed by atoms with van der Waals surface area (Å²) < 4.78 is 5.16. The third-order valence-corrected chi connectivity index (χ3v) is 2.59. The zero-order valence-corrected chi connectivity index (χ0v) is 11.3. The standard InChI is InChI=1S/C14H22N2O2/c1-11(2)14(17)16-8-7-15-10-12-5-4-6-13(9-12)18-3/h4-6,9,11,15H,7-8,10H2,1-3H3,(H,16,17). The number of carbonyl (C=O) groups excluding carboxylic acids is 1. The van der Waals surface area contributed by atoms with E-state index in [1.165, 1.54) is 5.56 Å². The predicted octanol–water partition coefficient (Wildman–Crippen LogP) is 1.56. The minimum absolute atomic E-state index is 0.0448. The summed E-state index contributed by atoms with van der Waals surface area (Å²) in [5.74, 6) is 1.00. The van der Waals surface area contributed by atoms with Crippen LogP contribution in [0.2, 0.25) is 0 Å². The van der Waals surface area contributed by atoms with Gasteiger partial charge in [-0.1, -0.05) is 26.0 Å². The molecule has 0 unspecified atom stereocenters. The molecule has 0 aliphatic heterocycles. The van der Waals surface area contributed by atoms with Crippen LogP contribution in [0.1, 0.15) is 19.4 Å². The van der Waals surface area contributed by atoms with Crippen molar-refractivity contribution in [2.75, 3.05) is 20.2 Å². The Morgan fingerprint density at radius 2 is 2.11 bits per heavy atom. The summed E-state index contributed by atoms with van der Waals surface area (Å²) >= 11 is 0. The molecule has 0 saturated heterocycles. The van der Waals surface area contributed by atoms with Crippen molar-refractivity contribution in [1.82, 2.24) is 10.6 Å². The van der Waals surface area contributed by atoms with Gasteiger partial charge in [0.2, 0.25) is 5.91 Å². The molecule has 0 bridgehead atoms. The summed E-state index contributed by atoms with van der Waals surface area (Å²) in [5, 5.41) is 6.14. The van der Waals surface area contributed by atoms with E-state index in [1.54, 1.807) is 7.11 Å². The van der Waals surface area contributed by atoms with Gasteiger partial charge in [0, 0.05) is 25.6 Å². The Morgan fingerprint density at radius 1 is 1.33 bits per heavy atom. The molecule has 4 nitrogen and oxygen atoms in total. The van der Waals surface area contributed by atoms with Gasteiger partial charge in [-0.05, 0) is 17.7 Å². The number of methoxy groups -OCH3 is 1. The lowest BCUT2D eigenvalue weighted by atomic mass is 10.2. The number of ether oxygens (including phenoxy) is 1. The molecule has 0 aromatic heterocycles. The zero-order chi connectivity index (χ0) is 13.4. The second kappa shape index (κ2) is 7.71. The quantitative estimate of drug-likeness (QED) is 0.722. The first-order valence-corrected chi connectivity index (χ1v) is 6.25. The lowest BCUT2D eigenvalue weighted by molar-refractivity contribution is -0.123. The molecular weight excluding hydrogens is 228 g/mol. The van der Waals surface area contributed by atoms with E-state index in [4.69, 9.17) is 4.74 Å². The maximum atomic E-state index is 11.3. The lowest BCUT2D eigenvalue weighted by Gasteiger charge is -2.09. The maximum Gasteiger partial charge on any atom is 0.222 e. The van der Waals surface area contributed by atoms with Crippen molar-refractivity contribution in [2.24, 2.45) is 5.92 Å².